The topological polar surface area (TPSA) is 60.1 Å². The first-order valence-electron chi connectivity index (χ1n) is 10.1. The summed E-state index contributed by atoms with van der Waals surface area (Å²) in [6, 6.07) is 2.02. The summed E-state index contributed by atoms with van der Waals surface area (Å²) >= 11 is 0. The van der Waals surface area contributed by atoms with E-state index in [1.807, 2.05) is 13.0 Å². The van der Waals surface area contributed by atoms with Crippen molar-refractivity contribution in [1.82, 2.24) is 25.2 Å². The van der Waals surface area contributed by atoms with Crippen LogP contribution in [-0.4, -0.2) is 84.7 Å². The van der Waals surface area contributed by atoms with Crippen LogP contribution in [0, 0.1) is 6.92 Å². The molecule has 0 aromatic carbocycles. The molecule has 156 valence electrons. The lowest BCUT2D eigenvalue weighted by Crippen LogP contribution is -2.52. The minimum Gasteiger partial charge on any atom is -0.361 e. The van der Waals surface area contributed by atoms with Crippen LogP contribution in [0.25, 0.3) is 0 Å². The summed E-state index contributed by atoms with van der Waals surface area (Å²) in [5.74, 6) is 1.93. The molecule has 0 atom stereocenters. The van der Waals surface area contributed by atoms with Crippen LogP contribution in [0.4, 0.5) is 0 Å². The number of hydrogen-bond donors (Lipinski definition) is 1. The summed E-state index contributed by atoms with van der Waals surface area (Å²) in [6.07, 6.45) is 1.20. The van der Waals surface area contributed by atoms with Crippen molar-refractivity contribution in [1.29, 1.82) is 0 Å². The molecule has 0 radical (unpaired) electrons. The van der Waals surface area contributed by atoms with Crippen molar-refractivity contribution in [3.8, 4) is 0 Å². The molecule has 1 aliphatic heterocycles. The first-order chi connectivity index (χ1) is 12.7. The van der Waals surface area contributed by atoms with Crippen molar-refractivity contribution in [2.45, 2.75) is 40.7 Å². The van der Waals surface area contributed by atoms with Crippen LogP contribution in [0.5, 0.6) is 0 Å². The molecule has 0 spiro atoms. The van der Waals surface area contributed by atoms with E-state index in [-0.39, 0.29) is 24.0 Å². The summed E-state index contributed by atoms with van der Waals surface area (Å²) in [7, 11) is 0. The predicted octanol–water partition coefficient (Wildman–Crippen LogP) is 2.42. The van der Waals surface area contributed by atoms with Crippen LogP contribution < -0.4 is 5.32 Å². The molecule has 0 amide bonds. The Labute approximate surface area is 181 Å². The number of likely N-dealkylation sites (N-methyl/N-ethyl adjacent to an activating group) is 1. The van der Waals surface area contributed by atoms with E-state index in [2.05, 4.69) is 45.9 Å². The molecule has 0 aliphatic carbocycles. The van der Waals surface area contributed by atoms with E-state index in [0.29, 0.717) is 0 Å². The Morgan fingerprint density at radius 2 is 1.96 bits per heavy atom. The molecular formula is C19H37IN6O. The summed E-state index contributed by atoms with van der Waals surface area (Å²) < 4.78 is 5.17. The van der Waals surface area contributed by atoms with Crippen LogP contribution >= 0.6 is 24.0 Å². The lowest BCUT2D eigenvalue weighted by atomic mass is 10.3. The van der Waals surface area contributed by atoms with E-state index in [9.17, 15) is 0 Å². The van der Waals surface area contributed by atoms with Gasteiger partial charge < -0.3 is 19.6 Å². The Morgan fingerprint density at radius 3 is 2.52 bits per heavy atom. The summed E-state index contributed by atoms with van der Waals surface area (Å²) in [5, 5.41) is 7.56. The van der Waals surface area contributed by atoms with Gasteiger partial charge in [-0.2, -0.15) is 0 Å². The number of nitrogens with one attached hydrogen (secondary N) is 1. The standard InChI is InChI=1S/C19H36N6O.HI/c1-5-9-23(7-3)10-8-21-19(20-6-2)25-13-11-24(12-14-25)16-18-15-17(4)26-22-18;/h15H,5-14,16H2,1-4H3,(H,20,21);1H. The van der Waals surface area contributed by atoms with Gasteiger partial charge in [-0.3, -0.25) is 9.89 Å². The maximum absolute atomic E-state index is 5.17. The number of rotatable bonds is 9. The fraction of sp³-hybridized carbons (Fsp3) is 0.789. The van der Waals surface area contributed by atoms with Crippen molar-refractivity contribution >= 4 is 29.9 Å². The van der Waals surface area contributed by atoms with Gasteiger partial charge in [-0.25, -0.2) is 0 Å². The second kappa shape index (κ2) is 13.3. The fourth-order valence-electron chi connectivity index (χ4n) is 3.31. The highest BCUT2D eigenvalue weighted by molar-refractivity contribution is 14.0. The number of nitrogens with zero attached hydrogens (tertiary/aromatic N) is 5. The highest BCUT2D eigenvalue weighted by Crippen LogP contribution is 2.09. The minimum atomic E-state index is 0. The quantitative estimate of drug-likeness (QED) is 0.325. The van der Waals surface area contributed by atoms with E-state index in [1.54, 1.807) is 0 Å². The van der Waals surface area contributed by atoms with Crippen molar-refractivity contribution in [3.63, 3.8) is 0 Å². The zero-order chi connectivity index (χ0) is 18.8. The number of piperazine rings is 1. The Balaban J connectivity index is 0.00000364. The van der Waals surface area contributed by atoms with Crippen molar-refractivity contribution in [2.24, 2.45) is 4.99 Å². The molecule has 1 aromatic rings. The molecule has 1 aromatic heterocycles. The lowest BCUT2D eigenvalue weighted by molar-refractivity contribution is 0.169. The predicted molar refractivity (Wildman–Crippen MR) is 122 cm³/mol. The molecule has 0 unspecified atom stereocenters. The molecule has 1 saturated heterocycles. The first kappa shape index (κ1) is 24.2. The molecular weight excluding hydrogens is 455 g/mol. The molecule has 0 saturated carbocycles. The van der Waals surface area contributed by atoms with Gasteiger partial charge in [-0.05, 0) is 33.4 Å². The average molecular weight is 492 g/mol. The van der Waals surface area contributed by atoms with E-state index in [0.717, 1.165) is 82.9 Å². The number of guanidine groups is 1. The third kappa shape index (κ3) is 8.35. The molecule has 0 bridgehead atoms. The summed E-state index contributed by atoms with van der Waals surface area (Å²) in [5.41, 5.74) is 1.02. The monoisotopic (exact) mass is 492 g/mol. The van der Waals surface area contributed by atoms with Gasteiger partial charge in [0.15, 0.2) is 5.96 Å². The van der Waals surface area contributed by atoms with Gasteiger partial charge >= 0.3 is 0 Å². The van der Waals surface area contributed by atoms with Gasteiger partial charge in [-0.15, -0.1) is 24.0 Å². The van der Waals surface area contributed by atoms with Crippen molar-refractivity contribution in [3.05, 3.63) is 17.5 Å². The zero-order valence-electron chi connectivity index (χ0n) is 17.4. The highest BCUT2D eigenvalue weighted by atomic mass is 127. The van der Waals surface area contributed by atoms with Crippen LogP contribution in [0.3, 0.4) is 0 Å². The maximum Gasteiger partial charge on any atom is 0.194 e. The van der Waals surface area contributed by atoms with Gasteiger partial charge in [0.1, 0.15) is 5.76 Å². The molecule has 27 heavy (non-hydrogen) atoms. The highest BCUT2D eigenvalue weighted by Gasteiger charge is 2.20. The lowest BCUT2D eigenvalue weighted by Gasteiger charge is -2.36. The van der Waals surface area contributed by atoms with E-state index in [4.69, 9.17) is 9.52 Å². The summed E-state index contributed by atoms with van der Waals surface area (Å²) in [4.78, 5) is 12.1. The second-order valence-electron chi connectivity index (χ2n) is 6.86. The molecule has 1 aliphatic rings. The van der Waals surface area contributed by atoms with Crippen LogP contribution in [0.2, 0.25) is 0 Å². The van der Waals surface area contributed by atoms with Gasteiger partial charge in [0, 0.05) is 51.9 Å². The number of aromatic nitrogens is 1. The van der Waals surface area contributed by atoms with E-state index >= 15 is 0 Å². The zero-order valence-corrected chi connectivity index (χ0v) is 19.7. The van der Waals surface area contributed by atoms with Gasteiger partial charge in [-0.1, -0.05) is 19.0 Å². The van der Waals surface area contributed by atoms with Crippen LogP contribution in [0.1, 0.15) is 38.6 Å². The Bertz CT molecular complexity index is 542. The number of aliphatic imine (C=N–C) groups is 1. The van der Waals surface area contributed by atoms with Crippen molar-refractivity contribution < 1.29 is 4.52 Å². The van der Waals surface area contributed by atoms with Crippen molar-refractivity contribution in [2.75, 3.05) is 58.9 Å². The Morgan fingerprint density at radius 1 is 1.22 bits per heavy atom. The third-order valence-electron chi connectivity index (χ3n) is 4.73. The molecule has 1 N–H and O–H groups in total. The molecule has 2 rings (SSSR count). The number of halogens is 1. The van der Waals surface area contributed by atoms with Crippen LogP contribution in [0.15, 0.2) is 15.6 Å². The number of aryl methyl sites for hydroxylation is 1. The molecule has 7 nitrogen and oxygen atoms in total. The minimum absolute atomic E-state index is 0. The third-order valence-corrected chi connectivity index (χ3v) is 4.73. The summed E-state index contributed by atoms with van der Waals surface area (Å²) in [6.45, 7) is 18.5. The normalized spacial score (nSPS) is 15.9. The van der Waals surface area contributed by atoms with E-state index < -0.39 is 0 Å². The molecule has 1 fully saturated rings. The van der Waals surface area contributed by atoms with Gasteiger partial charge in [0.2, 0.25) is 0 Å². The Kier molecular flexibility index (Phi) is 11.9. The largest absolute Gasteiger partial charge is 0.361 e. The first-order valence-corrected chi connectivity index (χ1v) is 10.1. The van der Waals surface area contributed by atoms with Crippen LogP contribution in [-0.2, 0) is 6.54 Å². The number of hydrogen-bond acceptors (Lipinski definition) is 5. The maximum atomic E-state index is 5.17. The Hall–Kier alpha value is -0.870. The van der Waals surface area contributed by atoms with E-state index in [1.165, 1.54) is 6.42 Å². The SMILES string of the molecule is CCCN(CC)CCN=C(NCC)N1CCN(Cc2cc(C)on2)CC1.I. The smallest absolute Gasteiger partial charge is 0.194 e. The fourth-order valence-corrected chi connectivity index (χ4v) is 3.31. The molecule has 8 heteroatoms. The molecule has 2 heterocycles. The van der Waals surface area contributed by atoms with Gasteiger partial charge in [0.25, 0.3) is 0 Å². The van der Waals surface area contributed by atoms with Gasteiger partial charge in [0.05, 0.1) is 12.2 Å². The average Bonchev–Trinajstić information content (AvgIpc) is 3.05. The second-order valence-corrected chi connectivity index (χ2v) is 6.86.